The van der Waals surface area contributed by atoms with Crippen molar-refractivity contribution in [2.75, 3.05) is 25.6 Å². The quantitative estimate of drug-likeness (QED) is 0.343. The Morgan fingerprint density at radius 2 is 1.73 bits per heavy atom. The molecule has 1 heterocycles. The maximum absolute atomic E-state index is 13.0. The van der Waals surface area contributed by atoms with Gasteiger partial charge in [-0.2, -0.15) is 0 Å². The summed E-state index contributed by atoms with van der Waals surface area (Å²) in [5, 5.41) is 5.29. The number of hydrogen-bond acceptors (Lipinski definition) is 6. The van der Waals surface area contributed by atoms with Gasteiger partial charge in [0.05, 0.1) is 19.3 Å². The van der Waals surface area contributed by atoms with Gasteiger partial charge in [0.2, 0.25) is 5.91 Å². The number of imide groups is 1. The van der Waals surface area contributed by atoms with Gasteiger partial charge in [-0.15, -0.1) is 0 Å². The first kappa shape index (κ1) is 23.8. The number of hydrogen-bond donors (Lipinski definition) is 2. The van der Waals surface area contributed by atoms with Gasteiger partial charge in [-0.25, -0.2) is 9.59 Å². The van der Waals surface area contributed by atoms with Gasteiger partial charge in [0.15, 0.2) is 0 Å². The average molecular weight is 453 g/mol. The molecule has 2 N–H and O–H groups in total. The van der Waals surface area contributed by atoms with Gasteiger partial charge in [-0.3, -0.25) is 14.5 Å². The maximum atomic E-state index is 13.0. The van der Waals surface area contributed by atoms with Crippen molar-refractivity contribution in [3.63, 3.8) is 0 Å². The fraction of sp³-hybridized carbons (Fsp3) is 0.333. The van der Waals surface area contributed by atoms with Crippen LogP contribution in [0.3, 0.4) is 0 Å². The van der Waals surface area contributed by atoms with Crippen LogP contribution in [0.5, 0.6) is 5.75 Å². The standard InChI is InChI=1S/C24H27N3O6/c1-4-5-14-33-21(29)16-6-10-18(11-7-16)25-20(28)15-27-22(30)24(2,26-23(27)31)17-8-12-19(32-3)13-9-17/h6-13H,4-5,14-15H2,1-3H3,(H,25,28)(H,26,31). The van der Waals surface area contributed by atoms with E-state index in [0.29, 0.717) is 29.2 Å². The molecule has 0 aromatic heterocycles. The smallest absolute Gasteiger partial charge is 0.338 e. The highest BCUT2D eigenvalue weighted by molar-refractivity contribution is 6.10. The van der Waals surface area contributed by atoms with E-state index < -0.39 is 35.9 Å². The molecule has 0 spiro atoms. The molecule has 0 aliphatic carbocycles. The predicted molar refractivity (Wildman–Crippen MR) is 121 cm³/mol. The molecule has 0 saturated carbocycles. The second-order valence-corrected chi connectivity index (χ2v) is 7.79. The number of carbonyl (C=O) groups excluding carboxylic acids is 4. The van der Waals surface area contributed by atoms with Gasteiger partial charge in [-0.05, 0) is 55.3 Å². The molecule has 1 aliphatic rings. The van der Waals surface area contributed by atoms with Gasteiger partial charge in [-0.1, -0.05) is 25.5 Å². The Bertz CT molecular complexity index is 1040. The second kappa shape index (κ2) is 10.2. The Hall–Kier alpha value is -3.88. The lowest BCUT2D eigenvalue weighted by Gasteiger charge is -2.22. The number of nitrogens with zero attached hydrogens (tertiary/aromatic N) is 1. The Morgan fingerprint density at radius 1 is 1.06 bits per heavy atom. The lowest BCUT2D eigenvalue weighted by atomic mass is 9.92. The van der Waals surface area contributed by atoms with Crippen molar-refractivity contribution in [3.05, 3.63) is 59.7 Å². The number of esters is 1. The molecule has 0 radical (unpaired) electrons. The first-order chi connectivity index (χ1) is 15.8. The summed E-state index contributed by atoms with van der Waals surface area (Å²) >= 11 is 0. The zero-order chi connectivity index (χ0) is 24.0. The number of amides is 4. The van der Waals surface area contributed by atoms with Crippen LogP contribution in [-0.4, -0.2) is 49.0 Å². The van der Waals surface area contributed by atoms with Gasteiger partial charge < -0.3 is 20.1 Å². The molecule has 0 bridgehead atoms. The molecule has 1 unspecified atom stereocenters. The van der Waals surface area contributed by atoms with Crippen molar-refractivity contribution in [3.8, 4) is 5.75 Å². The molecule has 1 saturated heterocycles. The summed E-state index contributed by atoms with van der Waals surface area (Å²) in [5.74, 6) is -0.886. The Labute approximate surface area is 192 Å². The number of urea groups is 1. The first-order valence-corrected chi connectivity index (χ1v) is 10.6. The molecule has 9 heteroatoms. The van der Waals surface area contributed by atoms with Crippen LogP contribution in [0.1, 0.15) is 42.6 Å². The number of ether oxygens (including phenoxy) is 2. The molecule has 9 nitrogen and oxygen atoms in total. The van der Waals surface area contributed by atoms with Gasteiger partial charge in [0, 0.05) is 5.69 Å². The Balaban J connectivity index is 1.61. The fourth-order valence-corrected chi connectivity index (χ4v) is 3.39. The molecule has 1 atom stereocenters. The summed E-state index contributed by atoms with van der Waals surface area (Å²) in [4.78, 5) is 50.8. The van der Waals surface area contributed by atoms with Gasteiger partial charge >= 0.3 is 12.0 Å². The number of nitrogens with one attached hydrogen (secondary N) is 2. The zero-order valence-corrected chi connectivity index (χ0v) is 18.8. The number of methoxy groups -OCH3 is 1. The van der Waals surface area contributed by atoms with Crippen molar-refractivity contribution in [1.29, 1.82) is 0 Å². The topological polar surface area (TPSA) is 114 Å². The molecule has 2 aromatic rings. The minimum atomic E-state index is -1.29. The van der Waals surface area contributed by atoms with Crippen LogP contribution in [0.2, 0.25) is 0 Å². The number of rotatable bonds is 9. The van der Waals surface area contributed by atoms with E-state index in [0.717, 1.165) is 17.7 Å². The van der Waals surface area contributed by atoms with Crippen LogP contribution < -0.4 is 15.4 Å². The number of benzene rings is 2. The van der Waals surface area contributed by atoms with E-state index in [2.05, 4.69) is 10.6 Å². The van der Waals surface area contributed by atoms with Crippen LogP contribution in [0.15, 0.2) is 48.5 Å². The van der Waals surface area contributed by atoms with Gasteiger partial charge in [0.25, 0.3) is 5.91 Å². The van der Waals surface area contributed by atoms with Gasteiger partial charge in [0.1, 0.15) is 17.8 Å². The lowest BCUT2D eigenvalue weighted by Crippen LogP contribution is -2.42. The lowest BCUT2D eigenvalue weighted by molar-refractivity contribution is -0.133. The Morgan fingerprint density at radius 3 is 2.33 bits per heavy atom. The van der Waals surface area contributed by atoms with Crippen molar-refractivity contribution in [2.24, 2.45) is 0 Å². The van der Waals surface area contributed by atoms with E-state index in [-0.39, 0.29) is 0 Å². The molecule has 4 amide bonds. The van der Waals surface area contributed by atoms with Crippen LogP contribution in [0.25, 0.3) is 0 Å². The SMILES string of the molecule is CCCCOC(=O)c1ccc(NC(=O)CN2C(=O)NC(C)(c3ccc(OC)cc3)C2=O)cc1. The minimum absolute atomic E-state index is 0.356. The van der Waals surface area contributed by atoms with E-state index in [1.807, 2.05) is 6.92 Å². The number of anilines is 1. The molecule has 174 valence electrons. The van der Waals surface area contributed by atoms with E-state index in [1.165, 1.54) is 7.11 Å². The molecule has 1 aliphatic heterocycles. The number of carbonyl (C=O) groups is 4. The van der Waals surface area contributed by atoms with Crippen molar-refractivity contribution >= 4 is 29.5 Å². The van der Waals surface area contributed by atoms with E-state index in [1.54, 1.807) is 55.5 Å². The first-order valence-electron chi connectivity index (χ1n) is 10.6. The summed E-state index contributed by atoms with van der Waals surface area (Å²) in [7, 11) is 1.53. The second-order valence-electron chi connectivity index (χ2n) is 7.79. The number of unbranched alkanes of at least 4 members (excludes halogenated alkanes) is 1. The average Bonchev–Trinajstić information content (AvgIpc) is 3.03. The third kappa shape index (κ3) is 5.31. The van der Waals surface area contributed by atoms with Crippen LogP contribution in [0, 0.1) is 0 Å². The summed E-state index contributed by atoms with van der Waals surface area (Å²) < 4.78 is 10.3. The molecule has 2 aromatic carbocycles. The third-order valence-electron chi connectivity index (χ3n) is 5.38. The highest BCUT2D eigenvalue weighted by Crippen LogP contribution is 2.30. The monoisotopic (exact) mass is 453 g/mol. The predicted octanol–water partition coefficient (Wildman–Crippen LogP) is 3.06. The van der Waals surface area contributed by atoms with Crippen LogP contribution >= 0.6 is 0 Å². The maximum Gasteiger partial charge on any atom is 0.338 e. The summed E-state index contributed by atoms with van der Waals surface area (Å²) in [5.41, 5.74) is 0.0816. The molecular weight excluding hydrogens is 426 g/mol. The van der Waals surface area contributed by atoms with Crippen molar-refractivity contribution in [1.82, 2.24) is 10.2 Å². The molecule has 1 fully saturated rings. The van der Waals surface area contributed by atoms with Crippen molar-refractivity contribution in [2.45, 2.75) is 32.2 Å². The normalized spacial score (nSPS) is 17.5. The highest BCUT2D eigenvalue weighted by atomic mass is 16.5. The third-order valence-corrected chi connectivity index (χ3v) is 5.38. The van der Waals surface area contributed by atoms with E-state index in [9.17, 15) is 19.2 Å². The zero-order valence-electron chi connectivity index (χ0n) is 18.8. The molecular formula is C24H27N3O6. The fourth-order valence-electron chi connectivity index (χ4n) is 3.39. The van der Waals surface area contributed by atoms with Crippen LogP contribution in [-0.2, 0) is 19.9 Å². The largest absolute Gasteiger partial charge is 0.497 e. The molecule has 3 rings (SSSR count). The van der Waals surface area contributed by atoms with E-state index >= 15 is 0 Å². The highest BCUT2D eigenvalue weighted by Gasteiger charge is 2.49. The minimum Gasteiger partial charge on any atom is -0.497 e. The summed E-state index contributed by atoms with van der Waals surface area (Å²) in [6, 6.07) is 12.3. The molecule has 33 heavy (non-hydrogen) atoms. The summed E-state index contributed by atoms with van der Waals surface area (Å²) in [6.07, 6.45) is 1.72. The van der Waals surface area contributed by atoms with Crippen molar-refractivity contribution < 1.29 is 28.7 Å². The van der Waals surface area contributed by atoms with E-state index in [4.69, 9.17) is 9.47 Å². The summed E-state index contributed by atoms with van der Waals surface area (Å²) in [6.45, 7) is 3.50. The Kier molecular flexibility index (Phi) is 7.32. The van der Waals surface area contributed by atoms with Crippen LogP contribution in [0.4, 0.5) is 10.5 Å².